The van der Waals surface area contributed by atoms with Crippen LogP contribution in [0.15, 0.2) is 12.1 Å². The Morgan fingerprint density at radius 1 is 1.27 bits per heavy atom. The number of fused-ring (bicyclic) bond motifs is 1. The minimum atomic E-state index is -0.0879. The first-order valence-electron chi connectivity index (χ1n) is 4.39. The van der Waals surface area contributed by atoms with E-state index >= 15 is 0 Å². The van der Waals surface area contributed by atoms with Crippen LogP contribution < -0.4 is 11.2 Å². The fourth-order valence-corrected chi connectivity index (χ4v) is 2.14. The van der Waals surface area contributed by atoms with E-state index in [2.05, 4.69) is 5.43 Å². The quantitative estimate of drug-likeness (QED) is 0.521. The van der Waals surface area contributed by atoms with Crippen LogP contribution in [0.25, 0.3) is 0 Å². The van der Waals surface area contributed by atoms with E-state index in [0.29, 0.717) is 23.1 Å². The molecule has 1 aromatic rings. The molecule has 15 heavy (non-hydrogen) atoms. The van der Waals surface area contributed by atoms with E-state index in [0.717, 1.165) is 11.1 Å². The van der Waals surface area contributed by atoms with Crippen LogP contribution in [0.3, 0.4) is 0 Å². The zero-order valence-corrected chi connectivity index (χ0v) is 9.36. The van der Waals surface area contributed by atoms with Gasteiger partial charge in [0.05, 0.1) is 0 Å². The number of nitrogens with one attached hydrogen (secondary N) is 2. The topological polar surface area (TPSA) is 65.1 Å². The van der Waals surface area contributed by atoms with Gasteiger partial charge in [-0.15, -0.1) is 0 Å². The molecule has 0 saturated heterocycles. The molecule has 1 aliphatic rings. The third-order valence-electron chi connectivity index (χ3n) is 2.29. The molecule has 0 aromatic heterocycles. The molecule has 6 heteroatoms. The average Bonchev–Trinajstić information content (AvgIpc) is 2.55. The van der Waals surface area contributed by atoms with E-state index in [9.17, 15) is 0 Å². The van der Waals surface area contributed by atoms with E-state index < -0.39 is 0 Å². The van der Waals surface area contributed by atoms with Gasteiger partial charge in [0.1, 0.15) is 0 Å². The van der Waals surface area contributed by atoms with Crippen LogP contribution in [-0.2, 0) is 13.1 Å². The molecular formula is C9H10Cl2N4. The fourth-order valence-electron chi connectivity index (χ4n) is 1.66. The Morgan fingerprint density at radius 3 is 2.13 bits per heavy atom. The molecule has 0 aliphatic carbocycles. The van der Waals surface area contributed by atoms with Crippen LogP contribution in [0.5, 0.6) is 0 Å². The molecule has 1 aromatic carbocycles. The summed E-state index contributed by atoms with van der Waals surface area (Å²) in [6.07, 6.45) is 0. The first kappa shape index (κ1) is 10.5. The van der Waals surface area contributed by atoms with E-state index in [4.69, 9.17) is 34.3 Å². The summed E-state index contributed by atoms with van der Waals surface area (Å²) in [4.78, 5) is 0. The van der Waals surface area contributed by atoms with Gasteiger partial charge in [0.2, 0.25) is 5.96 Å². The lowest BCUT2D eigenvalue weighted by atomic mass is 10.1. The van der Waals surface area contributed by atoms with Crippen molar-refractivity contribution in [2.75, 3.05) is 0 Å². The van der Waals surface area contributed by atoms with Crippen molar-refractivity contribution in [1.29, 1.82) is 5.41 Å². The van der Waals surface area contributed by atoms with Gasteiger partial charge in [-0.05, 0) is 23.3 Å². The monoisotopic (exact) mass is 244 g/mol. The molecule has 2 rings (SSSR count). The molecule has 0 spiro atoms. The van der Waals surface area contributed by atoms with Gasteiger partial charge in [-0.1, -0.05) is 23.2 Å². The second kappa shape index (κ2) is 3.89. The van der Waals surface area contributed by atoms with E-state index in [1.54, 1.807) is 17.1 Å². The number of nitrogens with two attached hydrogens (primary N) is 1. The highest BCUT2D eigenvalue weighted by atomic mass is 35.5. The smallest absolute Gasteiger partial charge is 0.200 e. The van der Waals surface area contributed by atoms with Gasteiger partial charge in [0.15, 0.2) is 0 Å². The van der Waals surface area contributed by atoms with Crippen molar-refractivity contribution in [2.45, 2.75) is 13.1 Å². The molecule has 0 unspecified atom stereocenters. The van der Waals surface area contributed by atoms with Gasteiger partial charge in [0, 0.05) is 23.1 Å². The highest BCUT2D eigenvalue weighted by molar-refractivity contribution is 6.34. The van der Waals surface area contributed by atoms with Gasteiger partial charge >= 0.3 is 0 Å². The predicted molar refractivity (Wildman–Crippen MR) is 60.8 cm³/mol. The summed E-state index contributed by atoms with van der Waals surface area (Å²) in [6, 6.07) is 3.56. The normalized spacial score (nSPS) is 15.1. The zero-order chi connectivity index (χ0) is 11.0. The van der Waals surface area contributed by atoms with Gasteiger partial charge < -0.3 is 5.73 Å². The SMILES string of the molecule is N=C(N)NN1Cc2c(Cl)ccc(Cl)c2C1. The van der Waals surface area contributed by atoms with E-state index in [1.165, 1.54) is 0 Å². The number of guanidine groups is 1. The third-order valence-corrected chi connectivity index (χ3v) is 3.00. The average molecular weight is 245 g/mol. The Hall–Kier alpha value is -0.970. The maximum atomic E-state index is 7.13. The number of hydrogen-bond acceptors (Lipinski definition) is 2. The van der Waals surface area contributed by atoms with E-state index in [1.807, 2.05) is 0 Å². The molecule has 4 N–H and O–H groups in total. The lowest BCUT2D eigenvalue weighted by Crippen LogP contribution is -2.42. The van der Waals surface area contributed by atoms with Crippen molar-refractivity contribution >= 4 is 29.2 Å². The molecule has 4 nitrogen and oxygen atoms in total. The molecule has 80 valence electrons. The van der Waals surface area contributed by atoms with Crippen LogP contribution >= 0.6 is 23.2 Å². The number of nitrogens with zero attached hydrogens (tertiary/aromatic N) is 1. The van der Waals surface area contributed by atoms with Crippen molar-refractivity contribution in [2.24, 2.45) is 5.73 Å². The number of halogens is 2. The Balaban J connectivity index is 2.26. The summed E-state index contributed by atoms with van der Waals surface area (Å²) in [5, 5.41) is 10.3. The van der Waals surface area contributed by atoms with Gasteiger partial charge in [-0.2, -0.15) is 0 Å². The molecule has 0 atom stereocenters. The van der Waals surface area contributed by atoms with Crippen LogP contribution in [0.2, 0.25) is 10.0 Å². The molecule has 0 bridgehead atoms. The Morgan fingerprint density at radius 2 is 1.73 bits per heavy atom. The minimum Gasteiger partial charge on any atom is -0.369 e. The summed E-state index contributed by atoms with van der Waals surface area (Å²) < 4.78 is 0. The molecule has 1 heterocycles. The highest BCUT2D eigenvalue weighted by Crippen LogP contribution is 2.33. The van der Waals surface area contributed by atoms with Crippen molar-refractivity contribution < 1.29 is 0 Å². The fraction of sp³-hybridized carbons (Fsp3) is 0.222. The maximum Gasteiger partial charge on any atom is 0.200 e. The molecule has 1 aliphatic heterocycles. The van der Waals surface area contributed by atoms with Gasteiger partial charge in [-0.3, -0.25) is 10.8 Å². The lowest BCUT2D eigenvalue weighted by molar-refractivity contribution is 0.240. The Kier molecular flexibility index (Phi) is 2.73. The van der Waals surface area contributed by atoms with Crippen molar-refractivity contribution in [3.8, 4) is 0 Å². The lowest BCUT2D eigenvalue weighted by Gasteiger charge is -2.15. The van der Waals surface area contributed by atoms with Crippen molar-refractivity contribution in [3.63, 3.8) is 0 Å². The van der Waals surface area contributed by atoms with Crippen LogP contribution in [0.1, 0.15) is 11.1 Å². The maximum absolute atomic E-state index is 7.13. The van der Waals surface area contributed by atoms with E-state index in [-0.39, 0.29) is 5.96 Å². The highest BCUT2D eigenvalue weighted by Gasteiger charge is 2.23. The summed E-state index contributed by atoms with van der Waals surface area (Å²) >= 11 is 12.1. The van der Waals surface area contributed by atoms with Crippen LogP contribution in [-0.4, -0.2) is 11.0 Å². The summed E-state index contributed by atoms with van der Waals surface area (Å²) in [7, 11) is 0. The summed E-state index contributed by atoms with van der Waals surface area (Å²) in [6.45, 7) is 1.21. The van der Waals surface area contributed by atoms with Crippen LogP contribution in [0.4, 0.5) is 0 Å². The Bertz CT molecular complexity index is 388. The standard InChI is InChI=1S/C9H10Cl2N4/c10-7-1-2-8(11)6-4-15(3-5(6)7)14-9(12)13/h1-2H,3-4H2,(H4,12,13,14). The predicted octanol–water partition coefficient (Wildman–Crippen LogP) is 1.71. The zero-order valence-electron chi connectivity index (χ0n) is 7.85. The number of rotatable bonds is 1. The number of benzene rings is 1. The molecule has 0 saturated carbocycles. The van der Waals surface area contributed by atoms with Crippen LogP contribution in [0, 0.1) is 5.41 Å². The van der Waals surface area contributed by atoms with Gasteiger partial charge in [0.25, 0.3) is 0 Å². The molecule has 0 radical (unpaired) electrons. The largest absolute Gasteiger partial charge is 0.369 e. The molecule has 0 fully saturated rings. The first-order valence-corrected chi connectivity index (χ1v) is 5.15. The Labute approximate surface area is 97.4 Å². The molecule has 0 amide bonds. The summed E-state index contributed by atoms with van der Waals surface area (Å²) in [5.74, 6) is -0.0879. The summed E-state index contributed by atoms with van der Waals surface area (Å²) in [5.41, 5.74) is 9.96. The number of hydrogen-bond donors (Lipinski definition) is 3. The van der Waals surface area contributed by atoms with Gasteiger partial charge in [-0.25, -0.2) is 5.01 Å². The van der Waals surface area contributed by atoms with Crippen molar-refractivity contribution in [1.82, 2.24) is 10.4 Å². The second-order valence-electron chi connectivity index (χ2n) is 3.37. The minimum absolute atomic E-state index is 0.0879. The second-order valence-corrected chi connectivity index (χ2v) is 4.18. The number of hydrazine groups is 1. The third kappa shape index (κ3) is 2.02. The first-order chi connectivity index (χ1) is 7.08. The van der Waals surface area contributed by atoms with Crippen molar-refractivity contribution in [3.05, 3.63) is 33.3 Å². The molecular weight excluding hydrogens is 235 g/mol.